The Labute approximate surface area is 118 Å². The first-order valence-corrected chi connectivity index (χ1v) is 7.71. The molecule has 0 N–H and O–H groups in total. The molecular formula is C18H26O. The summed E-state index contributed by atoms with van der Waals surface area (Å²) in [6, 6.07) is 9.91. The molecule has 2 rings (SSSR count). The minimum absolute atomic E-state index is 0.331. The van der Waals surface area contributed by atoms with Crippen molar-refractivity contribution in [3.8, 4) is 0 Å². The van der Waals surface area contributed by atoms with Crippen molar-refractivity contribution in [3.63, 3.8) is 0 Å². The van der Waals surface area contributed by atoms with Crippen molar-refractivity contribution in [1.29, 1.82) is 0 Å². The van der Waals surface area contributed by atoms with Gasteiger partial charge < -0.3 is 0 Å². The number of unbranched alkanes of at least 4 members (excludes halogenated alkanes) is 3. The number of carbonyl (C=O) groups is 1. The van der Waals surface area contributed by atoms with E-state index < -0.39 is 5.41 Å². The lowest BCUT2D eigenvalue weighted by Crippen LogP contribution is -2.28. The third-order valence-electron chi connectivity index (χ3n) is 4.30. The summed E-state index contributed by atoms with van der Waals surface area (Å²) in [6.45, 7) is 2.20. The summed E-state index contributed by atoms with van der Waals surface area (Å²) in [7, 11) is 0. The van der Waals surface area contributed by atoms with Crippen LogP contribution in [-0.4, -0.2) is 5.78 Å². The highest BCUT2D eigenvalue weighted by Gasteiger charge is 2.40. The highest BCUT2D eigenvalue weighted by atomic mass is 16.1. The van der Waals surface area contributed by atoms with Crippen LogP contribution in [-0.2, 0) is 11.2 Å². The molecule has 1 aromatic carbocycles. The lowest BCUT2D eigenvalue weighted by atomic mass is 9.75. The van der Waals surface area contributed by atoms with E-state index in [1.54, 1.807) is 0 Å². The van der Waals surface area contributed by atoms with Gasteiger partial charge >= 0.3 is 0 Å². The Balaban J connectivity index is 2.13. The molecular weight excluding hydrogens is 232 g/mol. The van der Waals surface area contributed by atoms with Crippen LogP contribution in [0.2, 0.25) is 0 Å². The Hall–Kier alpha value is -1.11. The van der Waals surface area contributed by atoms with Crippen LogP contribution >= 0.6 is 0 Å². The molecule has 0 bridgehead atoms. The monoisotopic (exact) mass is 259 g/mol. The zero-order chi connectivity index (χ0) is 14.4. The maximum atomic E-state index is 12.5. The second-order valence-corrected chi connectivity index (χ2v) is 5.80. The molecule has 0 spiro atoms. The molecule has 0 radical (unpaired) electrons. The van der Waals surface area contributed by atoms with Crippen LogP contribution in [0.4, 0.5) is 0 Å². The lowest BCUT2D eigenvalue weighted by Gasteiger charge is -2.27. The summed E-state index contributed by atoms with van der Waals surface area (Å²) in [4.78, 5) is 12.5. The fraction of sp³-hybridized carbons (Fsp3) is 0.611. The summed E-state index contributed by atoms with van der Waals surface area (Å²) in [5.74, 6) is 0.331. The lowest BCUT2D eigenvalue weighted by molar-refractivity contribution is -0.126. The topological polar surface area (TPSA) is 17.1 Å². The number of Topliss-reactive ketones (excluding diaryl/α,β-unsaturated/α-hetero) is 1. The molecule has 1 nitrogen and oxygen atoms in total. The van der Waals surface area contributed by atoms with Crippen molar-refractivity contribution in [2.45, 2.75) is 64.7 Å². The zero-order valence-corrected chi connectivity index (χ0v) is 12.0. The van der Waals surface area contributed by atoms with Gasteiger partial charge in [0.25, 0.3) is 0 Å². The van der Waals surface area contributed by atoms with E-state index in [2.05, 4.69) is 6.92 Å². The Morgan fingerprint density at radius 1 is 1.21 bits per heavy atom. The minimum atomic E-state index is -0.408. The predicted molar refractivity (Wildman–Crippen MR) is 80.2 cm³/mol. The van der Waals surface area contributed by atoms with Crippen LogP contribution in [0.25, 0.3) is 0 Å². The molecule has 1 saturated carbocycles. The van der Waals surface area contributed by atoms with E-state index in [9.17, 15) is 4.79 Å². The van der Waals surface area contributed by atoms with Crippen molar-refractivity contribution < 1.29 is 6.17 Å². The Morgan fingerprint density at radius 3 is 2.63 bits per heavy atom. The molecule has 2 atom stereocenters. The third-order valence-corrected chi connectivity index (χ3v) is 4.30. The van der Waals surface area contributed by atoms with Gasteiger partial charge in [-0.05, 0) is 31.2 Å². The second-order valence-electron chi connectivity index (χ2n) is 5.80. The molecule has 19 heavy (non-hydrogen) atoms. The highest BCUT2D eigenvalue weighted by Crippen LogP contribution is 2.42. The maximum absolute atomic E-state index is 12.5. The molecule has 0 saturated heterocycles. The molecule has 1 heteroatoms. The van der Waals surface area contributed by atoms with Crippen LogP contribution in [0.3, 0.4) is 0 Å². The first-order chi connectivity index (χ1) is 9.70. The molecule has 0 heterocycles. The first kappa shape index (κ1) is 12.9. The summed E-state index contributed by atoms with van der Waals surface area (Å²) in [6.07, 6.45) is 7.78. The first-order valence-electron chi connectivity index (χ1n) is 8.29. The van der Waals surface area contributed by atoms with Gasteiger partial charge in [0.15, 0.2) is 0 Å². The fourth-order valence-corrected chi connectivity index (χ4v) is 3.18. The smallest absolute Gasteiger partial charge is 0.139 e. The van der Waals surface area contributed by atoms with E-state index in [0.717, 1.165) is 31.2 Å². The maximum Gasteiger partial charge on any atom is 0.139 e. The number of hydrogen-bond donors (Lipinski definition) is 0. The van der Waals surface area contributed by atoms with E-state index in [-0.39, 0.29) is 6.40 Å². The molecule has 104 valence electrons. The number of benzene rings is 1. The zero-order valence-electron chi connectivity index (χ0n) is 13.0. The predicted octanol–water partition coefficient (Wildman–Crippen LogP) is 4.94. The van der Waals surface area contributed by atoms with Gasteiger partial charge in [0.2, 0.25) is 0 Å². The van der Waals surface area contributed by atoms with Crippen molar-refractivity contribution in [2.24, 2.45) is 5.41 Å². The van der Waals surface area contributed by atoms with Gasteiger partial charge in [-0.25, -0.2) is 0 Å². The number of carbonyl (C=O) groups excluding carboxylic acids is 1. The largest absolute Gasteiger partial charge is 0.299 e. The summed E-state index contributed by atoms with van der Waals surface area (Å²) >= 11 is 0. The second kappa shape index (κ2) is 6.88. The quantitative estimate of drug-likeness (QED) is 0.634. The minimum Gasteiger partial charge on any atom is -0.299 e. The summed E-state index contributed by atoms with van der Waals surface area (Å²) < 4.78 is 8.65. The highest BCUT2D eigenvalue weighted by molar-refractivity contribution is 5.87. The molecule has 0 unspecified atom stereocenters. The van der Waals surface area contributed by atoms with Crippen LogP contribution in [0, 0.1) is 5.41 Å². The average Bonchev–Trinajstić information content (AvgIpc) is 2.86. The molecule has 1 aliphatic carbocycles. The van der Waals surface area contributed by atoms with E-state index in [4.69, 9.17) is 1.37 Å². The average molecular weight is 259 g/mol. The van der Waals surface area contributed by atoms with Gasteiger partial charge in [-0.15, -0.1) is 0 Å². The Bertz CT molecular complexity index is 428. The molecule has 1 aliphatic rings. The van der Waals surface area contributed by atoms with E-state index in [1.807, 2.05) is 30.3 Å². The summed E-state index contributed by atoms with van der Waals surface area (Å²) in [5.41, 5.74) is 0.591. The van der Waals surface area contributed by atoms with Crippen molar-refractivity contribution in [1.82, 2.24) is 0 Å². The Morgan fingerprint density at radius 2 is 2.00 bits per heavy atom. The van der Waals surface area contributed by atoms with Gasteiger partial charge in [0, 0.05) is 13.2 Å². The van der Waals surface area contributed by atoms with Crippen molar-refractivity contribution >= 4 is 5.78 Å². The van der Waals surface area contributed by atoms with Crippen molar-refractivity contribution in [3.05, 3.63) is 35.9 Å². The summed E-state index contributed by atoms with van der Waals surface area (Å²) in [5, 5.41) is 0. The molecule has 1 aromatic rings. The Kier molecular flexibility index (Phi) is 4.67. The normalized spacial score (nSPS) is 25.3. The number of hydrogen-bond acceptors (Lipinski definition) is 1. The van der Waals surface area contributed by atoms with Crippen LogP contribution in [0.1, 0.15) is 65.2 Å². The van der Waals surface area contributed by atoms with Gasteiger partial charge in [-0.1, -0.05) is 62.9 Å². The molecule has 0 aliphatic heterocycles. The van der Waals surface area contributed by atoms with Gasteiger partial charge in [-0.3, -0.25) is 4.79 Å². The molecule has 0 amide bonds. The standard InChI is InChI=1S/C18H26O/c1-2-3-4-8-13-18(14-9-12-17(18)19)15-16-10-6-5-7-11-16/h5-7,10-11H,2-4,8-9,12-15H2,1H3/t18-/m0/s1/i15D/t15-,18-. The van der Waals surface area contributed by atoms with E-state index >= 15 is 0 Å². The fourth-order valence-electron chi connectivity index (χ4n) is 3.18. The molecule has 1 fully saturated rings. The third kappa shape index (κ3) is 3.68. The number of rotatable bonds is 7. The van der Waals surface area contributed by atoms with Crippen molar-refractivity contribution in [2.75, 3.05) is 0 Å². The van der Waals surface area contributed by atoms with E-state index in [0.29, 0.717) is 12.2 Å². The van der Waals surface area contributed by atoms with Crippen LogP contribution in [0.5, 0.6) is 0 Å². The van der Waals surface area contributed by atoms with Gasteiger partial charge in [0.1, 0.15) is 5.78 Å². The van der Waals surface area contributed by atoms with Crippen LogP contribution < -0.4 is 0 Å². The molecule has 0 aromatic heterocycles. The van der Waals surface area contributed by atoms with Gasteiger partial charge in [-0.2, -0.15) is 0 Å². The van der Waals surface area contributed by atoms with E-state index in [1.165, 1.54) is 19.3 Å². The van der Waals surface area contributed by atoms with Gasteiger partial charge in [0.05, 0.1) is 0 Å². The van der Waals surface area contributed by atoms with Crippen LogP contribution in [0.15, 0.2) is 30.3 Å². The number of ketones is 1. The SMILES string of the molecule is [2H][C@@H](c1ccccc1)[C@]1(CCCCCC)CCCC1=O.